The van der Waals surface area contributed by atoms with E-state index in [1.165, 1.54) is 11.3 Å². The maximum Gasteiger partial charge on any atom is 0.234 e. The maximum absolute atomic E-state index is 12.0. The molecule has 3 heterocycles. The van der Waals surface area contributed by atoms with Crippen LogP contribution < -0.4 is 0 Å². The Morgan fingerprint density at radius 3 is 2.75 bits per heavy atom. The molecule has 1 amide bonds. The van der Waals surface area contributed by atoms with E-state index in [1.807, 2.05) is 9.42 Å². The summed E-state index contributed by atoms with van der Waals surface area (Å²) in [4.78, 5) is 14.8. The number of carbonyl (C=O) groups is 1. The second kappa shape index (κ2) is 5.47. The van der Waals surface area contributed by atoms with Crippen LogP contribution in [0.2, 0.25) is 0 Å². The molecule has 0 atom stereocenters. The molecular formula is C13H19N5OS. The van der Waals surface area contributed by atoms with Crippen LogP contribution in [0.15, 0.2) is 0 Å². The number of likely N-dealkylation sites (tertiary alicyclic amines) is 1. The van der Waals surface area contributed by atoms with Crippen LogP contribution in [0, 0.1) is 0 Å². The number of amides is 1. The predicted octanol–water partition coefficient (Wildman–Crippen LogP) is 1.86. The highest BCUT2D eigenvalue weighted by atomic mass is 32.1. The van der Waals surface area contributed by atoms with Gasteiger partial charge < -0.3 is 4.90 Å². The van der Waals surface area contributed by atoms with Crippen LogP contribution in [-0.2, 0) is 11.2 Å². The highest BCUT2D eigenvalue weighted by Crippen LogP contribution is 2.20. The summed E-state index contributed by atoms with van der Waals surface area (Å²) in [5, 5.41) is 13.8. The quantitative estimate of drug-likeness (QED) is 0.863. The Hall–Kier alpha value is -1.50. The minimum atomic E-state index is 0.248. The van der Waals surface area contributed by atoms with Crippen molar-refractivity contribution in [2.45, 2.75) is 45.4 Å². The smallest absolute Gasteiger partial charge is 0.234 e. The summed E-state index contributed by atoms with van der Waals surface area (Å²) in [5.74, 6) is 1.43. The number of nitrogens with zero attached hydrogens (tertiary/aromatic N) is 5. The third kappa shape index (κ3) is 2.54. The molecule has 2 aromatic rings. The van der Waals surface area contributed by atoms with E-state index >= 15 is 0 Å². The number of aryl methyl sites for hydroxylation is 1. The molecule has 1 saturated heterocycles. The highest BCUT2D eigenvalue weighted by Gasteiger charge is 2.19. The van der Waals surface area contributed by atoms with Gasteiger partial charge in [-0.05, 0) is 12.8 Å². The number of hydrogen-bond donors (Lipinski definition) is 0. The predicted molar refractivity (Wildman–Crippen MR) is 76.9 cm³/mol. The lowest BCUT2D eigenvalue weighted by Crippen LogP contribution is -2.27. The number of hydrogen-bond acceptors (Lipinski definition) is 5. The zero-order valence-corrected chi connectivity index (χ0v) is 12.7. The number of aromatic nitrogens is 4. The Bertz CT molecular complexity index is 611. The zero-order chi connectivity index (χ0) is 14.1. The van der Waals surface area contributed by atoms with Crippen LogP contribution in [0.3, 0.4) is 0 Å². The van der Waals surface area contributed by atoms with Gasteiger partial charge in [0.05, 0.1) is 0 Å². The molecule has 1 aliphatic heterocycles. The van der Waals surface area contributed by atoms with Gasteiger partial charge in [0.2, 0.25) is 10.9 Å². The molecule has 20 heavy (non-hydrogen) atoms. The van der Waals surface area contributed by atoms with Gasteiger partial charge in [-0.25, -0.2) is 0 Å². The van der Waals surface area contributed by atoms with Crippen molar-refractivity contribution in [2.75, 3.05) is 13.1 Å². The minimum Gasteiger partial charge on any atom is -0.343 e. The standard InChI is InChI=1S/C13H19N5OS/c1-9(2)12-14-15-13-18(12)16-10(20-13)5-6-11(19)17-7-3-4-8-17/h9H,3-8H2,1-2H3. The van der Waals surface area contributed by atoms with Gasteiger partial charge in [0.15, 0.2) is 5.82 Å². The van der Waals surface area contributed by atoms with Gasteiger partial charge in [-0.3, -0.25) is 4.79 Å². The summed E-state index contributed by atoms with van der Waals surface area (Å²) in [6.45, 7) is 5.99. The monoisotopic (exact) mass is 293 g/mol. The van der Waals surface area contributed by atoms with Gasteiger partial charge in [-0.15, -0.1) is 10.2 Å². The van der Waals surface area contributed by atoms with Crippen molar-refractivity contribution < 1.29 is 4.79 Å². The Balaban J connectivity index is 1.67. The van der Waals surface area contributed by atoms with Gasteiger partial charge in [-0.2, -0.15) is 9.61 Å². The maximum atomic E-state index is 12.0. The molecule has 108 valence electrons. The van der Waals surface area contributed by atoms with Gasteiger partial charge in [-0.1, -0.05) is 25.2 Å². The van der Waals surface area contributed by atoms with Crippen LogP contribution >= 0.6 is 11.3 Å². The second-order valence-electron chi connectivity index (χ2n) is 5.49. The summed E-state index contributed by atoms with van der Waals surface area (Å²) in [6, 6.07) is 0. The third-order valence-electron chi connectivity index (χ3n) is 3.58. The molecule has 6 nitrogen and oxygen atoms in total. The van der Waals surface area contributed by atoms with E-state index in [1.54, 1.807) is 0 Å². The summed E-state index contributed by atoms with van der Waals surface area (Å²) in [5.41, 5.74) is 0. The molecule has 0 N–H and O–H groups in total. The molecule has 1 aliphatic rings. The molecule has 0 unspecified atom stereocenters. The van der Waals surface area contributed by atoms with E-state index < -0.39 is 0 Å². The summed E-state index contributed by atoms with van der Waals surface area (Å²) < 4.78 is 1.81. The molecular weight excluding hydrogens is 274 g/mol. The Morgan fingerprint density at radius 2 is 2.05 bits per heavy atom. The lowest BCUT2D eigenvalue weighted by Gasteiger charge is -2.14. The molecule has 3 rings (SSSR count). The summed E-state index contributed by atoms with van der Waals surface area (Å²) in [7, 11) is 0. The molecule has 0 aromatic carbocycles. The molecule has 0 radical (unpaired) electrons. The van der Waals surface area contributed by atoms with E-state index in [9.17, 15) is 4.79 Å². The molecule has 0 aliphatic carbocycles. The van der Waals surface area contributed by atoms with Crippen molar-refractivity contribution in [3.63, 3.8) is 0 Å². The number of carbonyl (C=O) groups excluding carboxylic acids is 1. The molecule has 1 fully saturated rings. The first kappa shape index (κ1) is 13.5. The van der Waals surface area contributed by atoms with Crippen LogP contribution in [0.4, 0.5) is 0 Å². The van der Waals surface area contributed by atoms with E-state index in [4.69, 9.17) is 0 Å². The molecule has 0 bridgehead atoms. The fourth-order valence-corrected chi connectivity index (χ4v) is 3.31. The van der Waals surface area contributed by atoms with Crippen LogP contribution in [0.1, 0.15) is 49.9 Å². The third-order valence-corrected chi connectivity index (χ3v) is 4.54. The minimum absolute atomic E-state index is 0.248. The fraction of sp³-hybridized carbons (Fsp3) is 0.692. The van der Waals surface area contributed by atoms with Gasteiger partial charge in [0.25, 0.3) is 0 Å². The molecule has 2 aromatic heterocycles. The lowest BCUT2D eigenvalue weighted by atomic mass is 10.2. The first-order valence-electron chi connectivity index (χ1n) is 7.14. The van der Waals surface area contributed by atoms with Crippen LogP contribution in [-0.4, -0.2) is 43.7 Å². The number of rotatable bonds is 4. The van der Waals surface area contributed by atoms with Crippen molar-refractivity contribution in [2.24, 2.45) is 0 Å². The zero-order valence-electron chi connectivity index (χ0n) is 11.9. The van der Waals surface area contributed by atoms with E-state index in [0.29, 0.717) is 18.8 Å². The number of fused-ring (bicyclic) bond motifs is 1. The van der Waals surface area contributed by atoms with E-state index in [2.05, 4.69) is 29.1 Å². The average molecular weight is 293 g/mol. The molecule has 0 saturated carbocycles. The van der Waals surface area contributed by atoms with Gasteiger partial charge >= 0.3 is 0 Å². The molecule has 0 spiro atoms. The van der Waals surface area contributed by atoms with Crippen molar-refractivity contribution in [1.82, 2.24) is 24.7 Å². The summed E-state index contributed by atoms with van der Waals surface area (Å²) in [6.07, 6.45) is 3.52. The normalized spacial score (nSPS) is 15.7. The van der Waals surface area contributed by atoms with Crippen LogP contribution in [0.25, 0.3) is 4.96 Å². The average Bonchev–Trinajstić information content (AvgIpc) is 3.11. The largest absolute Gasteiger partial charge is 0.343 e. The first-order chi connectivity index (χ1) is 9.65. The van der Waals surface area contributed by atoms with Crippen molar-refractivity contribution in [3.8, 4) is 0 Å². The Labute approximate surface area is 121 Å². The SMILES string of the molecule is CC(C)c1nnc2sc(CCC(=O)N3CCCC3)nn12. The second-order valence-corrected chi connectivity index (χ2v) is 6.53. The fourth-order valence-electron chi connectivity index (χ4n) is 2.47. The van der Waals surface area contributed by atoms with Crippen LogP contribution in [0.5, 0.6) is 0 Å². The van der Waals surface area contributed by atoms with Gasteiger partial charge in [0.1, 0.15) is 5.01 Å². The lowest BCUT2D eigenvalue weighted by molar-refractivity contribution is -0.130. The topological polar surface area (TPSA) is 63.4 Å². The van der Waals surface area contributed by atoms with Gasteiger partial charge in [0, 0.05) is 31.8 Å². The first-order valence-corrected chi connectivity index (χ1v) is 7.95. The van der Waals surface area contributed by atoms with Crippen molar-refractivity contribution in [3.05, 3.63) is 10.8 Å². The Kier molecular flexibility index (Phi) is 3.69. The highest BCUT2D eigenvalue weighted by molar-refractivity contribution is 7.16. The summed E-state index contributed by atoms with van der Waals surface area (Å²) >= 11 is 1.53. The Morgan fingerprint density at radius 1 is 1.30 bits per heavy atom. The van der Waals surface area contributed by atoms with Crippen molar-refractivity contribution >= 4 is 22.2 Å². The van der Waals surface area contributed by atoms with E-state index in [-0.39, 0.29) is 5.91 Å². The molecule has 7 heteroatoms. The van der Waals surface area contributed by atoms with E-state index in [0.717, 1.165) is 41.7 Å². The van der Waals surface area contributed by atoms with Crippen molar-refractivity contribution in [1.29, 1.82) is 0 Å².